The van der Waals surface area contributed by atoms with Crippen molar-refractivity contribution in [3.63, 3.8) is 0 Å². The van der Waals surface area contributed by atoms with E-state index in [9.17, 15) is 4.39 Å². The van der Waals surface area contributed by atoms with Crippen LogP contribution in [0, 0.1) is 5.82 Å². The molecule has 0 aliphatic carbocycles. The highest BCUT2D eigenvalue weighted by molar-refractivity contribution is 9.10. The maximum absolute atomic E-state index is 13.9. The Bertz CT molecular complexity index is 588. The second-order valence-corrected chi connectivity index (χ2v) is 6.11. The average Bonchev–Trinajstić information content (AvgIpc) is 2.41. The molecule has 0 aromatic heterocycles. The minimum atomic E-state index is -0.175. The first-order chi connectivity index (χ1) is 9.58. The fourth-order valence-corrected chi connectivity index (χ4v) is 2.72. The van der Waals surface area contributed by atoms with E-state index in [1.807, 2.05) is 43.4 Å². The van der Waals surface area contributed by atoms with Gasteiger partial charge in [0.1, 0.15) is 5.82 Å². The second-order valence-electron chi connectivity index (χ2n) is 4.76. The van der Waals surface area contributed by atoms with E-state index in [0.29, 0.717) is 6.42 Å². The quantitative estimate of drug-likeness (QED) is 0.824. The van der Waals surface area contributed by atoms with Gasteiger partial charge in [-0.05, 0) is 55.3 Å². The molecule has 2 aromatic carbocycles. The zero-order chi connectivity index (χ0) is 14.5. The Hall–Kier alpha value is -0.900. The normalized spacial score (nSPS) is 12.4. The molecular formula is C16H16BrClFN. The molecule has 0 spiro atoms. The second kappa shape index (κ2) is 7.21. The fourth-order valence-electron chi connectivity index (χ4n) is 2.18. The molecule has 2 aromatic rings. The maximum Gasteiger partial charge on any atom is 0.127 e. The van der Waals surface area contributed by atoms with Gasteiger partial charge in [0.2, 0.25) is 0 Å². The van der Waals surface area contributed by atoms with Crippen LogP contribution in [0.15, 0.2) is 46.9 Å². The van der Waals surface area contributed by atoms with Gasteiger partial charge >= 0.3 is 0 Å². The molecule has 1 N–H and O–H groups in total. The minimum absolute atomic E-state index is 0.171. The van der Waals surface area contributed by atoms with Gasteiger partial charge in [0.15, 0.2) is 0 Å². The summed E-state index contributed by atoms with van der Waals surface area (Å²) in [6, 6.07) is 13.1. The van der Waals surface area contributed by atoms with Crippen LogP contribution in [0.1, 0.15) is 11.1 Å². The molecule has 0 bridgehead atoms. The van der Waals surface area contributed by atoms with Crippen molar-refractivity contribution < 1.29 is 4.39 Å². The summed E-state index contributed by atoms with van der Waals surface area (Å²) in [7, 11) is 1.89. The number of hydrogen-bond acceptors (Lipinski definition) is 1. The molecular weight excluding hydrogens is 341 g/mol. The Morgan fingerprint density at radius 1 is 1.20 bits per heavy atom. The molecule has 1 nitrogen and oxygen atoms in total. The fraction of sp³-hybridized carbons (Fsp3) is 0.250. The van der Waals surface area contributed by atoms with Crippen molar-refractivity contribution in [1.82, 2.24) is 5.32 Å². The van der Waals surface area contributed by atoms with Gasteiger partial charge in [0.25, 0.3) is 0 Å². The van der Waals surface area contributed by atoms with Crippen LogP contribution in [0.3, 0.4) is 0 Å². The highest BCUT2D eigenvalue weighted by Crippen LogP contribution is 2.18. The Kier molecular flexibility index (Phi) is 5.58. The summed E-state index contributed by atoms with van der Waals surface area (Å²) in [4.78, 5) is 0. The molecule has 106 valence electrons. The van der Waals surface area contributed by atoms with Crippen molar-refractivity contribution >= 4 is 27.5 Å². The first-order valence-electron chi connectivity index (χ1n) is 6.44. The molecule has 2 rings (SSSR count). The first-order valence-corrected chi connectivity index (χ1v) is 7.61. The topological polar surface area (TPSA) is 12.0 Å². The maximum atomic E-state index is 13.9. The number of benzene rings is 2. The zero-order valence-corrected chi connectivity index (χ0v) is 13.5. The number of likely N-dealkylation sites (N-methyl/N-ethyl adjacent to an activating group) is 1. The highest BCUT2D eigenvalue weighted by atomic mass is 79.9. The third-order valence-corrected chi connectivity index (χ3v) is 3.99. The molecule has 0 aliphatic heterocycles. The molecule has 1 unspecified atom stereocenters. The largest absolute Gasteiger partial charge is 0.316 e. The number of halogens is 3. The smallest absolute Gasteiger partial charge is 0.127 e. The highest BCUT2D eigenvalue weighted by Gasteiger charge is 2.12. The van der Waals surface area contributed by atoms with E-state index >= 15 is 0 Å². The van der Waals surface area contributed by atoms with E-state index in [-0.39, 0.29) is 11.9 Å². The molecule has 0 aliphatic rings. The standard InChI is InChI=1S/C16H16BrClFN/c1-20-15(8-11-3-2-4-14(18)7-11)9-12-5-6-13(17)10-16(12)19/h2-7,10,15,20H,8-9H2,1H3. The summed E-state index contributed by atoms with van der Waals surface area (Å²) in [6.45, 7) is 0. The van der Waals surface area contributed by atoms with Crippen LogP contribution in [0.2, 0.25) is 5.02 Å². The molecule has 0 fully saturated rings. The Morgan fingerprint density at radius 2 is 2.00 bits per heavy atom. The Morgan fingerprint density at radius 3 is 2.65 bits per heavy atom. The van der Waals surface area contributed by atoms with E-state index in [0.717, 1.165) is 27.0 Å². The van der Waals surface area contributed by atoms with E-state index in [1.165, 1.54) is 6.07 Å². The van der Waals surface area contributed by atoms with Crippen LogP contribution in [0.5, 0.6) is 0 Å². The molecule has 20 heavy (non-hydrogen) atoms. The van der Waals surface area contributed by atoms with Crippen LogP contribution < -0.4 is 5.32 Å². The van der Waals surface area contributed by atoms with E-state index in [2.05, 4.69) is 21.2 Å². The summed E-state index contributed by atoms with van der Waals surface area (Å²) in [5.41, 5.74) is 1.86. The molecule has 0 radical (unpaired) electrons. The van der Waals surface area contributed by atoms with Crippen molar-refractivity contribution in [2.24, 2.45) is 0 Å². The van der Waals surface area contributed by atoms with Crippen LogP contribution in [-0.2, 0) is 12.8 Å². The van der Waals surface area contributed by atoms with Gasteiger partial charge in [-0.1, -0.05) is 45.7 Å². The van der Waals surface area contributed by atoms with Crippen LogP contribution in [0.4, 0.5) is 4.39 Å². The van der Waals surface area contributed by atoms with Crippen molar-refractivity contribution in [3.8, 4) is 0 Å². The number of nitrogens with one attached hydrogen (secondary N) is 1. The third-order valence-electron chi connectivity index (χ3n) is 3.26. The van der Waals surface area contributed by atoms with E-state index in [1.54, 1.807) is 0 Å². The van der Waals surface area contributed by atoms with Crippen molar-refractivity contribution in [2.45, 2.75) is 18.9 Å². The monoisotopic (exact) mass is 355 g/mol. The van der Waals surface area contributed by atoms with Gasteiger partial charge in [-0.2, -0.15) is 0 Å². The van der Waals surface area contributed by atoms with Crippen LogP contribution in [-0.4, -0.2) is 13.1 Å². The molecule has 1 atom stereocenters. The number of hydrogen-bond donors (Lipinski definition) is 1. The first kappa shape index (κ1) is 15.5. The summed E-state index contributed by atoms with van der Waals surface area (Å²) in [5, 5.41) is 3.97. The predicted molar refractivity (Wildman–Crippen MR) is 85.8 cm³/mol. The lowest BCUT2D eigenvalue weighted by molar-refractivity contribution is 0.532. The van der Waals surface area contributed by atoms with Gasteiger partial charge in [-0.3, -0.25) is 0 Å². The van der Waals surface area contributed by atoms with Crippen molar-refractivity contribution in [1.29, 1.82) is 0 Å². The van der Waals surface area contributed by atoms with Crippen LogP contribution >= 0.6 is 27.5 Å². The lowest BCUT2D eigenvalue weighted by Gasteiger charge is -2.17. The third kappa shape index (κ3) is 4.30. The molecule has 0 saturated carbocycles. The Balaban J connectivity index is 2.09. The summed E-state index contributed by atoms with van der Waals surface area (Å²) in [5.74, 6) is -0.175. The lowest BCUT2D eigenvalue weighted by Crippen LogP contribution is -2.30. The molecule has 4 heteroatoms. The van der Waals surface area contributed by atoms with Gasteiger partial charge < -0.3 is 5.32 Å². The van der Waals surface area contributed by atoms with Crippen molar-refractivity contribution in [3.05, 3.63) is 68.9 Å². The average molecular weight is 357 g/mol. The minimum Gasteiger partial charge on any atom is -0.316 e. The summed E-state index contributed by atoms with van der Waals surface area (Å²) in [6.07, 6.45) is 1.45. The van der Waals surface area contributed by atoms with Gasteiger partial charge in [0, 0.05) is 15.5 Å². The Labute approximate surface area is 132 Å². The van der Waals surface area contributed by atoms with Crippen molar-refractivity contribution in [2.75, 3.05) is 7.05 Å². The van der Waals surface area contributed by atoms with Crippen LogP contribution in [0.25, 0.3) is 0 Å². The number of rotatable bonds is 5. The molecule has 0 amide bonds. The lowest BCUT2D eigenvalue weighted by atomic mass is 9.99. The van der Waals surface area contributed by atoms with Gasteiger partial charge in [0.05, 0.1) is 0 Å². The SMILES string of the molecule is CNC(Cc1cccc(Cl)c1)Cc1ccc(Br)cc1F. The van der Waals surface area contributed by atoms with E-state index in [4.69, 9.17) is 11.6 Å². The van der Waals surface area contributed by atoms with Gasteiger partial charge in [-0.25, -0.2) is 4.39 Å². The summed E-state index contributed by atoms with van der Waals surface area (Å²) >= 11 is 9.26. The van der Waals surface area contributed by atoms with E-state index < -0.39 is 0 Å². The molecule has 0 saturated heterocycles. The zero-order valence-electron chi connectivity index (χ0n) is 11.2. The summed E-state index contributed by atoms with van der Waals surface area (Å²) < 4.78 is 14.6. The van der Waals surface area contributed by atoms with Gasteiger partial charge in [-0.15, -0.1) is 0 Å². The predicted octanol–water partition coefficient (Wildman–Crippen LogP) is 4.61. The molecule has 0 heterocycles.